The molecule has 0 spiro atoms. The number of anilines is 1. The van der Waals surface area contributed by atoms with E-state index in [-0.39, 0.29) is 23.0 Å². The first-order chi connectivity index (χ1) is 17.6. The Kier molecular flexibility index (Phi) is 9.82. The van der Waals surface area contributed by atoms with Gasteiger partial charge in [-0.25, -0.2) is 12.8 Å². The lowest BCUT2D eigenvalue weighted by Crippen LogP contribution is -2.51. The monoisotopic (exact) mass is 589 g/mol. The zero-order valence-electron chi connectivity index (χ0n) is 20.6. The summed E-state index contributed by atoms with van der Waals surface area (Å²) < 4.78 is 42.5. The van der Waals surface area contributed by atoms with E-state index >= 15 is 0 Å². The fraction of sp³-hybridized carbons (Fsp3) is 0.259. The molecule has 0 aliphatic rings. The second-order valence-electron chi connectivity index (χ2n) is 8.42. The molecule has 37 heavy (non-hydrogen) atoms. The van der Waals surface area contributed by atoms with E-state index in [4.69, 9.17) is 0 Å². The molecule has 0 saturated heterocycles. The summed E-state index contributed by atoms with van der Waals surface area (Å²) in [5, 5.41) is 2.78. The highest BCUT2D eigenvalue weighted by molar-refractivity contribution is 9.10. The van der Waals surface area contributed by atoms with Crippen molar-refractivity contribution in [3.05, 3.63) is 94.7 Å². The highest BCUT2D eigenvalue weighted by Gasteiger charge is 2.32. The van der Waals surface area contributed by atoms with Crippen LogP contribution in [0.5, 0.6) is 0 Å². The Balaban J connectivity index is 2.00. The first-order valence-corrected chi connectivity index (χ1v) is 14.0. The zero-order chi connectivity index (χ0) is 27.0. The SMILES string of the molecule is CCCNC(=O)[C@H](C)N(Cc1ccc(F)cc1)C(=O)CN(c1cccc(Br)c1)S(=O)(=O)c1ccccc1. The number of carbonyl (C=O) groups excluding carboxylic acids is 2. The normalized spacial score (nSPS) is 12.0. The molecular weight excluding hydrogens is 561 g/mol. The van der Waals surface area contributed by atoms with Gasteiger partial charge in [-0.15, -0.1) is 0 Å². The van der Waals surface area contributed by atoms with E-state index < -0.39 is 34.3 Å². The second kappa shape index (κ2) is 12.8. The number of hydrogen-bond acceptors (Lipinski definition) is 4. The molecule has 3 aromatic rings. The van der Waals surface area contributed by atoms with Crippen LogP contribution in [0.25, 0.3) is 0 Å². The van der Waals surface area contributed by atoms with Crippen molar-refractivity contribution in [3.63, 3.8) is 0 Å². The summed E-state index contributed by atoms with van der Waals surface area (Å²) in [6.07, 6.45) is 0.719. The highest BCUT2D eigenvalue weighted by Crippen LogP contribution is 2.27. The third-order valence-electron chi connectivity index (χ3n) is 5.69. The number of nitrogens with zero attached hydrogens (tertiary/aromatic N) is 2. The molecular formula is C27H29BrFN3O4S. The van der Waals surface area contributed by atoms with E-state index in [1.54, 1.807) is 49.4 Å². The Morgan fingerprint density at radius 2 is 1.68 bits per heavy atom. The van der Waals surface area contributed by atoms with Crippen LogP contribution in [0.2, 0.25) is 0 Å². The van der Waals surface area contributed by atoms with Crippen molar-refractivity contribution in [2.24, 2.45) is 0 Å². The van der Waals surface area contributed by atoms with Crippen LogP contribution >= 0.6 is 15.9 Å². The van der Waals surface area contributed by atoms with Crippen LogP contribution in [0.3, 0.4) is 0 Å². The van der Waals surface area contributed by atoms with Crippen LogP contribution in [0.15, 0.2) is 88.2 Å². The van der Waals surface area contributed by atoms with Crippen LogP contribution in [-0.2, 0) is 26.2 Å². The van der Waals surface area contributed by atoms with Crippen molar-refractivity contribution in [3.8, 4) is 0 Å². The fourth-order valence-electron chi connectivity index (χ4n) is 3.64. The molecule has 0 bridgehead atoms. The molecule has 0 unspecified atom stereocenters. The van der Waals surface area contributed by atoms with Crippen molar-refractivity contribution in [1.82, 2.24) is 10.2 Å². The Labute approximate surface area is 225 Å². The fourth-order valence-corrected chi connectivity index (χ4v) is 5.46. The average molecular weight is 591 g/mol. The lowest BCUT2D eigenvalue weighted by Gasteiger charge is -2.32. The molecule has 7 nitrogen and oxygen atoms in total. The molecule has 3 aromatic carbocycles. The summed E-state index contributed by atoms with van der Waals surface area (Å²) in [6.45, 7) is 3.39. The van der Waals surface area contributed by atoms with Gasteiger partial charge in [-0.3, -0.25) is 13.9 Å². The summed E-state index contributed by atoms with van der Waals surface area (Å²) in [6, 6.07) is 19.2. The van der Waals surface area contributed by atoms with E-state index in [0.717, 1.165) is 10.7 Å². The van der Waals surface area contributed by atoms with Gasteiger partial charge in [-0.1, -0.05) is 59.3 Å². The van der Waals surface area contributed by atoms with Gasteiger partial charge in [-0.2, -0.15) is 0 Å². The quantitative estimate of drug-likeness (QED) is 0.350. The summed E-state index contributed by atoms with van der Waals surface area (Å²) in [5.74, 6) is -1.37. The van der Waals surface area contributed by atoms with Crippen LogP contribution in [0, 0.1) is 5.82 Å². The van der Waals surface area contributed by atoms with E-state index in [2.05, 4.69) is 21.2 Å². The molecule has 0 heterocycles. The van der Waals surface area contributed by atoms with Gasteiger partial charge in [0.1, 0.15) is 18.4 Å². The number of carbonyl (C=O) groups is 2. The Morgan fingerprint density at radius 3 is 2.30 bits per heavy atom. The van der Waals surface area contributed by atoms with Crippen molar-refractivity contribution in [2.45, 2.75) is 37.8 Å². The first-order valence-electron chi connectivity index (χ1n) is 11.8. The number of sulfonamides is 1. The van der Waals surface area contributed by atoms with Gasteiger partial charge in [0.25, 0.3) is 10.0 Å². The smallest absolute Gasteiger partial charge is 0.264 e. The molecule has 1 N–H and O–H groups in total. The third kappa shape index (κ3) is 7.39. The molecule has 2 amide bonds. The number of nitrogens with one attached hydrogen (secondary N) is 1. The Morgan fingerprint density at radius 1 is 1.00 bits per heavy atom. The molecule has 0 aliphatic carbocycles. The molecule has 0 radical (unpaired) electrons. The number of rotatable bonds is 11. The van der Waals surface area contributed by atoms with Gasteiger partial charge in [0.2, 0.25) is 11.8 Å². The predicted molar refractivity (Wildman–Crippen MR) is 145 cm³/mol. The zero-order valence-corrected chi connectivity index (χ0v) is 23.0. The summed E-state index contributed by atoms with van der Waals surface area (Å²) >= 11 is 3.36. The minimum absolute atomic E-state index is 0.00245. The standard InChI is InChI=1S/C27H29BrFN3O4S/c1-3-16-30-27(34)20(2)31(18-21-12-14-23(29)15-13-21)26(33)19-32(24-9-7-8-22(28)17-24)37(35,36)25-10-5-4-6-11-25/h4-15,17,20H,3,16,18-19H2,1-2H3,(H,30,34)/t20-/m0/s1. The average Bonchev–Trinajstić information content (AvgIpc) is 2.89. The maximum atomic E-state index is 13.7. The van der Waals surface area contributed by atoms with Crippen molar-refractivity contribution in [2.75, 3.05) is 17.4 Å². The lowest BCUT2D eigenvalue weighted by atomic mass is 10.1. The molecule has 1 atom stereocenters. The predicted octanol–water partition coefficient (Wildman–Crippen LogP) is 4.73. The molecule has 0 aromatic heterocycles. The first kappa shape index (κ1) is 28.3. The molecule has 0 aliphatic heterocycles. The third-order valence-corrected chi connectivity index (χ3v) is 7.97. The Hall–Kier alpha value is -3.24. The minimum atomic E-state index is -4.12. The van der Waals surface area contributed by atoms with Crippen LogP contribution in [-0.4, -0.2) is 44.3 Å². The molecule has 10 heteroatoms. The van der Waals surface area contributed by atoms with Gasteiger partial charge in [0.05, 0.1) is 10.6 Å². The van der Waals surface area contributed by atoms with E-state index in [1.807, 2.05) is 6.92 Å². The molecule has 196 valence electrons. The van der Waals surface area contributed by atoms with Crippen LogP contribution in [0.4, 0.5) is 10.1 Å². The second-order valence-corrected chi connectivity index (χ2v) is 11.2. The van der Waals surface area contributed by atoms with E-state index in [1.165, 1.54) is 41.3 Å². The number of hydrogen-bond donors (Lipinski definition) is 1. The largest absolute Gasteiger partial charge is 0.354 e. The summed E-state index contributed by atoms with van der Waals surface area (Å²) in [7, 11) is -4.12. The maximum absolute atomic E-state index is 13.7. The summed E-state index contributed by atoms with van der Waals surface area (Å²) in [4.78, 5) is 27.9. The minimum Gasteiger partial charge on any atom is -0.354 e. The van der Waals surface area contributed by atoms with Gasteiger partial charge < -0.3 is 10.2 Å². The molecule has 0 saturated carbocycles. The molecule has 3 rings (SSSR count). The van der Waals surface area contributed by atoms with Crippen LogP contribution in [0.1, 0.15) is 25.8 Å². The lowest BCUT2D eigenvalue weighted by molar-refractivity contribution is -0.139. The van der Waals surface area contributed by atoms with Crippen molar-refractivity contribution >= 4 is 43.5 Å². The van der Waals surface area contributed by atoms with Gasteiger partial charge in [0.15, 0.2) is 0 Å². The molecule has 0 fully saturated rings. The highest BCUT2D eigenvalue weighted by atomic mass is 79.9. The van der Waals surface area contributed by atoms with E-state index in [9.17, 15) is 22.4 Å². The van der Waals surface area contributed by atoms with Crippen molar-refractivity contribution in [1.29, 1.82) is 0 Å². The number of halogens is 2. The van der Waals surface area contributed by atoms with Crippen molar-refractivity contribution < 1.29 is 22.4 Å². The van der Waals surface area contributed by atoms with Gasteiger partial charge in [-0.05, 0) is 61.4 Å². The number of benzene rings is 3. The Bertz CT molecular complexity index is 1320. The summed E-state index contributed by atoms with van der Waals surface area (Å²) in [5.41, 5.74) is 0.890. The topological polar surface area (TPSA) is 86.8 Å². The number of amides is 2. The van der Waals surface area contributed by atoms with Crippen LogP contribution < -0.4 is 9.62 Å². The maximum Gasteiger partial charge on any atom is 0.264 e. The van der Waals surface area contributed by atoms with Gasteiger partial charge >= 0.3 is 0 Å². The van der Waals surface area contributed by atoms with E-state index in [0.29, 0.717) is 16.6 Å². The van der Waals surface area contributed by atoms with Gasteiger partial charge in [0, 0.05) is 17.6 Å².